The van der Waals surface area contributed by atoms with Crippen molar-refractivity contribution in [3.05, 3.63) is 76.7 Å². The van der Waals surface area contributed by atoms with Gasteiger partial charge in [0.05, 0.1) is 5.88 Å². The zero-order chi connectivity index (χ0) is 20.2. The van der Waals surface area contributed by atoms with Gasteiger partial charge in [-0.25, -0.2) is 4.39 Å². The molecule has 3 nitrogen and oxygen atoms in total. The van der Waals surface area contributed by atoms with Crippen LogP contribution in [0, 0.1) is 12.7 Å². The minimum atomic E-state index is -0.971. The van der Waals surface area contributed by atoms with Gasteiger partial charge in [0.2, 0.25) is 5.91 Å². The lowest BCUT2D eigenvalue weighted by Crippen LogP contribution is -2.55. The van der Waals surface area contributed by atoms with E-state index in [1.807, 2.05) is 19.1 Å². The van der Waals surface area contributed by atoms with Crippen molar-refractivity contribution in [3.63, 3.8) is 0 Å². The first-order chi connectivity index (χ1) is 12.7. The fourth-order valence-corrected chi connectivity index (χ4v) is 3.16. The molecule has 0 bridgehead atoms. The van der Waals surface area contributed by atoms with Crippen molar-refractivity contribution >= 4 is 34.8 Å². The highest BCUT2D eigenvalue weighted by Gasteiger charge is 2.37. The minimum Gasteiger partial charge on any atom is -0.350 e. The average Bonchev–Trinajstić information content (AvgIpc) is 2.64. The van der Waals surface area contributed by atoms with Crippen LogP contribution in [0.5, 0.6) is 0 Å². The number of anilines is 1. The van der Waals surface area contributed by atoms with Crippen molar-refractivity contribution < 1.29 is 9.18 Å². The molecule has 27 heavy (non-hydrogen) atoms. The van der Waals surface area contributed by atoms with Crippen LogP contribution >= 0.6 is 23.2 Å². The number of halogens is 3. The first-order valence-electron chi connectivity index (χ1n) is 8.50. The fourth-order valence-electron chi connectivity index (χ4n) is 2.87. The van der Waals surface area contributed by atoms with Crippen LogP contribution in [0.3, 0.4) is 0 Å². The molecule has 0 aliphatic carbocycles. The van der Waals surface area contributed by atoms with Crippen LogP contribution in [0.1, 0.15) is 25.0 Å². The van der Waals surface area contributed by atoms with E-state index in [9.17, 15) is 9.18 Å². The summed E-state index contributed by atoms with van der Waals surface area (Å²) in [6, 6.07) is 11.5. The molecule has 0 heterocycles. The molecule has 2 rings (SSSR count). The van der Waals surface area contributed by atoms with Crippen LogP contribution < -0.4 is 10.2 Å². The second-order valence-corrected chi connectivity index (χ2v) is 7.46. The number of hydrogen-bond donors (Lipinski definition) is 1. The Bertz CT molecular complexity index is 835. The number of carbonyl (C=O) groups excluding carboxylic acids is 1. The molecule has 2 aromatic carbocycles. The standard InChI is InChI=1S/C21H23Cl2FN2O/c1-14(12-22)26(19-7-5-6-18(23)15(19)2)21(3,4)20(27)25-13-16-8-10-17(24)11-9-16/h5-11H,1,12-13H2,2-4H3,(H,25,27). The summed E-state index contributed by atoms with van der Waals surface area (Å²) < 4.78 is 13.0. The molecule has 1 amide bonds. The molecule has 0 aliphatic rings. The predicted molar refractivity (Wildman–Crippen MR) is 111 cm³/mol. The third kappa shape index (κ3) is 4.82. The first kappa shape index (κ1) is 21.3. The first-order valence-corrected chi connectivity index (χ1v) is 9.41. The van der Waals surface area contributed by atoms with Crippen LogP contribution in [0.25, 0.3) is 0 Å². The van der Waals surface area contributed by atoms with Crippen molar-refractivity contribution in [2.45, 2.75) is 32.9 Å². The molecule has 2 aromatic rings. The number of alkyl halides is 1. The summed E-state index contributed by atoms with van der Waals surface area (Å²) in [5.74, 6) is -0.357. The van der Waals surface area contributed by atoms with Gasteiger partial charge >= 0.3 is 0 Å². The molecule has 0 aliphatic heterocycles. The molecule has 0 saturated carbocycles. The van der Waals surface area contributed by atoms with Crippen molar-refractivity contribution in [2.24, 2.45) is 0 Å². The quantitative estimate of drug-likeness (QED) is 0.618. The summed E-state index contributed by atoms with van der Waals surface area (Å²) in [4.78, 5) is 14.8. The largest absolute Gasteiger partial charge is 0.350 e. The van der Waals surface area contributed by atoms with Crippen molar-refractivity contribution in [3.8, 4) is 0 Å². The Morgan fingerprint density at radius 2 is 1.85 bits per heavy atom. The molecule has 0 aromatic heterocycles. The van der Waals surface area contributed by atoms with Crippen molar-refractivity contribution in [1.29, 1.82) is 0 Å². The molecule has 0 atom stereocenters. The molecule has 0 radical (unpaired) electrons. The highest BCUT2D eigenvalue weighted by molar-refractivity contribution is 6.31. The summed E-state index contributed by atoms with van der Waals surface area (Å²) >= 11 is 12.3. The van der Waals surface area contributed by atoms with Crippen LogP contribution in [0.4, 0.5) is 10.1 Å². The third-order valence-corrected chi connectivity index (χ3v) is 5.15. The SMILES string of the molecule is C=C(CCl)N(c1cccc(Cl)c1C)C(C)(C)C(=O)NCc1ccc(F)cc1. The van der Waals surface area contributed by atoms with Gasteiger partial charge in [0.1, 0.15) is 11.4 Å². The molecule has 0 spiro atoms. The number of nitrogens with zero attached hydrogens (tertiary/aromatic N) is 1. The van der Waals surface area contributed by atoms with Gasteiger partial charge in [-0.2, -0.15) is 0 Å². The molecule has 1 N–H and O–H groups in total. The smallest absolute Gasteiger partial charge is 0.245 e. The van der Waals surface area contributed by atoms with E-state index in [-0.39, 0.29) is 24.1 Å². The molecular weight excluding hydrogens is 386 g/mol. The Morgan fingerprint density at radius 3 is 2.44 bits per heavy atom. The number of rotatable bonds is 7. The van der Waals surface area contributed by atoms with Crippen molar-refractivity contribution in [2.75, 3.05) is 10.8 Å². The fraction of sp³-hybridized carbons (Fsp3) is 0.286. The van der Waals surface area contributed by atoms with Crippen LogP contribution in [0.2, 0.25) is 5.02 Å². The number of benzene rings is 2. The van der Waals surface area contributed by atoms with Crippen LogP contribution in [0.15, 0.2) is 54.7 Å². The maximum Gasteiger partial charge on any atom is 0.245 e. The van der Waals surface area contributed by atoms with Gasteiger partial charge in [-0.1, -0.05) is 36.4 Å². The summed E-state index contributed by atoms with van der Waals surface area (Å²) in [7, 11) is 0. The van der Waals surface area contributed by atoms with Gasteiger partial charge in [-0.3, -0.25) is 4.79 Å². The molecule has 6 heteroatoms. The molecule has 0 fully saturated rings. The van der Waals surface area contributed by atoms with Crippen LogP contribution in [-0.4, -0.2) is 17.3 Å². The number of nitrogens with one attached hydrogen (secondary N) is 1. The van der Waals surface area contributed by atoms with E-state index in [1.54, 1.807) is 36.9 Å². The Kier molecular flexibility index (Phi) is 6.90. The van der Waals surface area contributed by atoms with Gasteiger partial charge in [0.15, 0.2) is 0 Å². The van der Waals surface area contributed by atoms with Gasteiger partial charge in [0.25, 0.3) is 0 Å². The van der Waals surface area contributed by atoms with E-state index in [0.29, 0.717) is 10.7 Å². The molecule has 0 saturated heterocycles. The summed E-state index contributed by atoms with van der Waals surface area (Å²) in [6.45, 7) is 9.80. The van der Waals surface area contributed by atoms with E-state index < -0.39 is 5.54 Å². The highest BCUT2D eigenvalue weighted by atomic mass is 35.5. The summed E-state index contributed by atoms with van der Waals surface area (Å²) in [6.07, 6.45) is 0. The van der Waals surface area contributed by atoms with E-state index in [2.05, 4.69) is 11.9 Å². The lowest BCUT2D eigenvalue weighted by atomic mass is 9.97. The number of carbonyl (C=O) groups is 1. The maximum atomic E-state index is 13.0. The molecule has 0 unspecified atom stereocenters. The second kappa shape index (κ2) is 8.77. The number of hydrogen-bond acceptors (Lipinski definition) is 2. The van der Waals surface area contributed by atoms with E-state index >= 15 is 0 Å². The third-order valence-electron chi connectivity index (χ3n) is 4.43. The highest BCUT2D eigenvalue weighted by Crippen LogP contribution is 2.34. The summed E-state index contributed by atoms with van der Waals surface area (Å²) in [5.41, 5.74) is 2.03. The van der Waals surface area contributed by atoms with E-state index in [0.717, 1.165) is 16.8 Å². The zero-order valence-corrected chi connectivity index (χ0v) is 17.2. The number of allylic oxidation sites excluding steroid dienone is 1. The van der Waals surface area contributed by atoms with Crippen LogP contribution in [-0.2, 0) is 11.3 Å². The molecule has 144 valence electrons. The van der Waals surface area contributed by atoms with E-state index in [4.69, 9.17) is 23.2 Å². The topological polar surface area (TPSA) is 32.3 Å². The Morgan fingerprint density at radius 1 is 1.22 bits per heavy atom. The normalized spacial score (nSPS) is 11.2. The average molecular weight is 409 g/mol. The lowest BCUT2D eigenvalue weighted by molar-refractivity contribution is -0.125. The Hall–Kier alpha value is -2.04. The van der Waals surface area contributed by atoms with E-state index in [1.165, 1.54) is 12.1 Å². The minimum absolute atomic E-state index is 0.167. The van der Waals surface area contributed by atoms with Gasteiger partial charge in [-0.15, -0.1) is 11.6 Å². The van der Waals surface area contributed by atoms with Crippen molar-refractivity contribution in [1.82, 2.24) is 5.32 Å². The number of amides is 1. The Balaban J connectivity index is 2.29. The summed E-state index contributed by atoms with van der Waals surface area (Å²) in [5, 5.41) is 3.50. The maximum absolute atomic E-state index is 13.0. The predicted octanol–water partition coefficient (Wildman–Crippen LogP) is 5.44. The molecular formula is C21H23Cl2FN2O. The van der Waals surface area contributed by atoms with Gasteiger partial charge < -0.3 is 10.2 Å². The lowest BCUT2D eigenvalue weighted by Gasteiger charge is -2.40. The van der Waals surface area contributed by atoms with Gasteiger partial charge in [-0.05, 0) is 56.2 Å². The Labute approximate surface area is 169 Å². The monoisotopic (exact) mass is 408 g/mol. The zero-order valence-electron chi connectivity index (χ0n) is 15.7. The second-order valence-electron chi connectivity index (χ2n) is 6.79. The van der Waals surface area contributed by atoms with Gasteiger partial charge in [0, 0.05) is 23.0 Å².